The fraction of sp³-hybridized carbons (Fsp3) is 0.300. The second-order valence-electron chi connectivity index (χ2n) is 6.88. The van der Waals surface area contributed by atoms with E-state index in [0.717, 1.165) is 12.3 Å². The van der Waals surface area contributed by atoms with Crippen LogP contribution in [0.2, 0.25) is 0 Å². The van der Waals surface area contributed by atoms with Gasteiger partial charge in [-0.25, -0.2) is 15.0 Å². The number of piperazine rings is 1. The van der Waals surface area contributed by atoms with Crippen molar-refractivity contribution in [2.75, 3.05) is 23.3 Å². The predicted molar refractivity (Wildman–Crippen MR) is 107 cm³/mol. The molecule has 0 bridgehead atoms. The minimum Gasteiger partial charge on any atom is -0.423 e. The number of rotatable bonds is 5. The first-order chi connectivity index (χ1) is 14.8. The van der Waals surface area contributed by atoms with Crippen molar-refractivity contribution >= 4 is 23.6 Å². The van der Waals surface area contributed by atoms with Crippen LogP contribution in [-0.4, -0.2) is 40.0 Å². The number of alkyl halides is 3. The third-order valence-electron chi connectivity index (χ3n) is 4.81. The van der Waals surface area contributed by atoms with Crippen LogP contribution < -0.4 is 15.5 Å². The zero-order valence-corrected chi connectivity index (χ0v) is 16.5. The molecule has 1 aliphatic rings. The van der Waals surface area contributed by atoms with E-state index in [0.29, 0.717) is 42.5 Å². The second-order valence-corrected chi connectivity index (χ2v) is 6.88. The van der Waals surface area contributed by atoms with Gasteiger partial charge in [-0.05, 0) is 24.6 Å². The number of hydrogen-bond donors (Lipinski definition) is 2. The van der Waals surface area contributed by atoms with E-state index in [-0.39, 0.29) is 17.9 Å². The number of nitrogens with one attached hydrogen (secondary N) is 2. The molecule has 3 heterocycles. The van der Waals surface area contributed by atoms with Crippen LogP contribution in [0.25, 0.3) is 11.3 Å². The summed E-state index contributed by atoms with van der Waals surface area (Å²) >= 11 is 0. The molecule has 162 valence electrons. The van der Waals surface area contributed by atoms with Crippen molar-refractivity contribution in [2.24, 2.45) is 0 Å². The molecule has 2 N–H and O–H groups in total. The van der Waals surface area contributed by atoms with Gasteiger partial charge in [0.15, 0.2) is 5.76 Å². The number of nitrogens with zero attached hydrogens (tertiary/aromatic N) is 4. The first-order valence-electron chi connectivity index (χ1n) is 9.63. The normalized spacial score (nSPS) is 16.8. The molecule has 8 nitrogen and oxygen atoms in total. The van der Waals surface area contributed by atoms with Crippen LogP contribution in [0.5, 0.6) is 0 Å². The van der Waals surface area contributed by atoms with E-state index in [1.807, 2.05) is 11.8 Å². The first-order valence-corrected chi connectivity index (χ1v) is 9.63. The molecule has 2 aromatic heterocycles. The van der Waals surface area contributed by atoms with E-state index in [4.69, 9.17) is 4.42 Å². The zero-order valence-electron chi connectivity index (χ0n) is 16.5. The van der Waals surface area contributed by atoms with E-state index in [9.17, 15) is 18.0 Å². The monoisotopic (exact) mass is 432 g/mol. The fourth-order valence-corrected chi connectivity index (χ4v) is 3.34. The Balaban J connectivity index is 1.55. The summed E-state index contributed by atoms with van der Waals surface area (Å²) in [5.74, 6) is 0.223. The van der Waals surface area contributed by atoms with E-state index in [1.54, 1.807) is 30.5 Å². The molecule has 0 radical (unpaired) electrons. The maximum Gasteiger partial charge on any atom is 0.433 e. The molecule has 1 aromatic carbocycles. The molecule has 4 rings (SSSR count). The smallest absolute Gasteiger partial charge is 0.423 e. The quantitative estimate of drug-likeness (QED) is 0.636. The Hall–Kier alpha value is -3.63. The molecule has 11 heteroatoms. The summed E-state index contributed by atoms with van der Waals surface area (Å²) in [6, 6.07) is 7.66. The molecular formula is C20H19F3N6O2. The molecule has 31 heavy (non-hydrogen) atoms. The predicted octanol–water partition coefficient (Wildman–Crippen LogP) is 3.61. The van der Waals surface area contributed by atoms with Gasteiger partial charge in [-0.1, -0.05) is 19.1 Å². The number of anilines is 3. The van der Waals surface area contributed by atoms with Gasteiger partial charge in [0.05, 0.1) is 6.20 Å². The van der Waals surface area contributed by atoms with Crippen LogP contribution in [0.15, 0.2) is 47.1 Å². The Morgan fingerprint density at radius 2 is 2.13 bits per heavy atom. The van der Waals surface area contributed by atoms with Crippen molar-refractivity contribution in [3.63, 3.8) is 0 Å². The van der Waals surface area contributed by atoms with Crippen molar-refractivity contribution in [2.45, 2.75) is 25.6 Å². The van der Waals surface area contributed by atoms with Gasteiger partial charge < -0.3 is 20.0 Å². The van der Waals surface area contributed by atoms with Gasteiger partial charge in [-0.15, -0.1) is 0 Å². The van der Waals surface area contributed by atoms with Crippen LogP contribution in [-0.2, 0) is 11.0 Å². The molecule has 0 spiro atoms. The molecular weight excluding hydrogens is 413 g/mol. The minimum absolute atomic E-state index is 0.0687. The van der Waals surface area contributed by atoms with Gasteiger partial charge in [0.2, 0.25) is 11.9 Å². The van der Waals surface area contributed by atoms with Gasteiger partial charge >= 0.3 is 6.18 Å². The van der Waals surface area contributed by atoms with Gasteiger partial charge in [-0.2, -0.15) is 13.2 Å². The number of benzene rings is 1. The lowest BCUT2D eigenvalue weighted by Gasteiger charge is -2.33. The van der Waals surface area contributed by atoms with E-state index < -0.39 is 11.9 Å². The van der Waals surface area contributed by atoms with Crippen molar-refractivity contribution in [3.8, 4) is 11.3 Å². The average molecular weight is 432 g/mol. The maximum absolute atomic E-state index is 12.9. The lowest BCUT2D eigenvalue weighted by atomic mass is 10.1. The average Bonchev–Trinajstić information content (AvgIpc) is 3.23. The van der Waals surface area contributed by atoms with Crippen molar-refractivity contribution < 1.29 is 22.4 Å². The lowest BCUT2D eigenvalue weighted by Crippen LogP contribution is -2.55. The Kier molecular flexibility index (Phi) is 5.49. The molecule has 1 fully saturated rings. The van der Waals surface area contributed by atoms with Crippen LogP contribution in [0, 0.1) is 0 Å². The van der Waals surface area contributed by atoms with E-state index >= 15 is 0 Å². The molecule has 1 amide bonds. The topological polar surface area (TPSA) is 96.2 Å². The molecule has 1 saturated heterocycles. The Morgan fingerprint density at radius 1 is 1.29 bits per heavy atom. The molecule has 0 aliphatic carbocycles. The summed E-state index contributed by atoms with van der Waals surface area (Å²) < 4.78 is 44.5. The van der Waals surface area contributed by atoms with Gasteiger partial charge in [-0.3, -0.25) is 4.79 Å². The highest BCUT2D eigenvalue weighted by molar-refractivity contribution is 5.85. The van der Waals surface area contributed by atoms with Crippen molar-refractivity contribution in [3.05, 3.63) is 48.4 Å². The Labute approximate surface area is 175 Å². The molecule has 3 aromatic rings. The molecule has 1 unspecified atom stereocenters. The summed E-state index contributed by atoms with van der Waals surface area (Å²) in [5, 5.41) is 5.60. The SMILES string of the molecule is CCC1C(=O)NCCN1c1ncc(-c2cccc(Nc3nccc(C(F)(F)F)n3)c2)o1. The number of carbonyl (C=O) groups is 1. The number of oxazole rings is 1. The minimum atomic E-state index is -4.56. The van der Waals surface area contributed by atoms with Crippen LogP contribution in [0.3, 0.4) is 0 Å². The number of halogens is 3. The Morgan fingerprint density at radius 3 is 2.90 bits per heavy atom. The van der Waals surface area contributed by atoms with E-state index in [2.05, 4.69) is 25.6 Å². The summed E-state index contributed by atoms with van der Waals surface area (Å²) in [4.78, 5) is 25.6. The largest absolute Gasteiger partial charge is 0.433 e. The standard InChI is InChI=1S/C20H19F3N6O2/c1-2-14-17(30)24-8-9-29(14)19-26-11-15(31-19)12-4-3-5-13(10-12)27-18-25-7-6-16(28-18)20(21,22)23/h3-7,10-11,14H,2,8-9H2,1H3,(H,24,30)(H,25,27,28). The van der Waals surface area contributed by atoms with Crippen molar-refractivity contribution in [1.29, 1.82) is 0 Å². The number of aromatic nitrogens is 3. The summed E-state index contributed by atoms with van der Waals surface area (Å²) in [6.07, 6.45) is -1.35. The molecule has 1 atom stereocenters. The second kappa shape index (κ2) is 8.25. The highest BCUT2D eigenvalue weighted by Crippen LogP contribution is 2.30. The Bertz CT molecular complexity index is 1080. The summed E-state index contributed by atoms with van der Waals surface area (Å²) in [7, 11) is 0. The van der Waals surface area contributed by atoms with Gasteiger partial charge in [0.25, 0.3) is 6.01 Å². The van der Waals surface area contributed by atoms with E-state index in [1.165, 1.54) is 0 Å². The third-order valence-corrected chi connectivity index (χ3v) is 4.81. The molecule has 1 aliphatic heterocycles. The zero-order chi connectivity index (χ0) is 22.0. The lowest BCUT2D eigenvalue weighted by molar-refractivity contribution is -0.141. The van der Waals surface area contributed by atoms with Crippen molar-refractivity contribution in [1.82, 2.24) is 20.3 Å². The number of hydrogen-bond acceptors (Lipinski definition) is 7. The maximum atomic E-state index is 12.9. The van der Waals surface area contributed by atoms with Gasteiger partial charge in [0.1, 0.15) is 11.7 Å². The highest BCUT2D eigenvalue weighted by atomic mass is 19.4. The third kappa shape index (κ3) is 4.44. The first kappa shape index (κ1) is 20.6. The highest BCUT2D eigenvalue weighted by Gasteiger charge is 2.33. The molecule has 0 saturated carbocycles. The fourth-order valence-electron chi connectivity index (χ4n) is 3.34. The summed E-state index contributed by atoms with van der Waals surface area (Å²) in [6.45, 7) is 3.00. The van der Waals surface area contributed by atoms with Crippen LogP contribution in [0.1, 0.15) is 19.0 Å². The number of carbonyl (C=O) groups excluding carboxylic acids is 1. The number of amides is 1. The van der Waals surface area contributed by atoms with Crippen LogP contribution >= 0.6 is 0 Å². The van der Waals surface area contributed by atoms with Gasteiger partial charge in [0, 0.05) is 30.5 Å². The summed E-state index contributed by atoms with van der Waals surface area (Å²) in [5.41, 5.74) is 0.112. The van der Waals surface area contributed by atoms with Crippen LogP contribution in [0.4, 0.5) is 30.8 Å².